The van der Waals surface area contributed by atoms with Gasteiger partial charge in [0.1, 0.15) is 0 Å². The molecule has 2 atom stereocenters. The summed E-state index contributed by atoms with van der Waals surface area (Å²) >= 11 is 0. The van der Waals surface area contributed by atoms with Gasteiger partial charge in [-0.2, -0.15) is 0 Å². The van der Waals surface area contributed by atoms with Crippen molar-refractivity contribution < 1.29 is 57.5 Å². The maximum Gasteiger partial charge on any atom is 0.373 e. The fourth-order valence-electron chi connectivity index (χ4n) is 2.46. The lowest BCUT2D eigenvalue weighted by atomic mass is 10.3. The van der Waals surface area contributed by atoms with Crippen molar-refractivity contribution in [2.75, 3.05) is 0 Å². The van der Waals surface area contributed by atoms with Crippen molar-refractivity contribution >= 4 is 47.5 Å². The summed E-state index contributed by atoms with van der Waals surface area (Å²) in [5.41, 5.74) is 0. The minimum absolute atomic E-state index is 0.0982. The van der Waals surface area contributed by atoms with Crippen molar-refractivity contribution in [2.45, 2.75) is 64.6 Å². The lowest BCUT2D eigenvalue weighted by molar-refractivity contribution is -0.205. The maximum absolute atomic E-state index is 11.8. The molecule has 0 N–H and O–H groups in total. The second-order valence-electron chi connectivity index (χ2n) is 6.75. The van der Waals surface area contributed by atoms with Gasteiger partial charge < -0.3 is 19.1 Å². The monoisotopic (exact) mass is 456 g/mol. The number of hydrogen-bond acceptors (Lipinski definition) is 12. The molecule has 0 aromatic rings. The highest BCUT2D eigenvalue weighted by Gasteiger charge is 2.36. The average Bonchev–Trinajstić information content (AvgIpc) is 3.22. The Morgan fingerprint density at radius 3 is 1.22 bits per heavy atom. The van der Waals surface area contributed by atoms with Crippen molar-refractivity contribution in [2.24, 2.45) is 0 Å². The molecule has 2 heterocycles. The summed E-state index contributed by atoms with van der Waals surface area (Å²) in [6.45, 7) is 2.28. The Balaban J connectivity index is 1.70. The molecule has 4 amide bonds. The normalized spacial score (nSPS) is 17.8. The molecule has 2 fully saturated rings. The second-order valence-corrected chi connectivity index (χ2v) is 6.75. The van der Waals surface area contributed by atoms with Gasteiger partial charge in [-0.3, -0.25) is 28.8 Å². The predicted molar refractivity (Wildman–Crippen MR) is 94.7 cm³/mol. The first-order valence-electron chi connectivity index (χ1n) is 9.53. The standard InChI is InChI=1S/C18H20N2O12/c1-9(17(27)31-19-11(21)3-4-12(19)22)29-15(25)7-8-16(26)30-10(2)18(28)32-20-13(23)5-6-14(20)24/h9-10H,3-8H2,1-2H3. The summed E-state index contributed by atoms with van der Waals surface area (Å²) in [7, 11) is 0. The topological polar surface area (TPSA) is 180 Å². The average molecular weight is 456 g/mol. The number of carbonyl (C=O) groups excluding carboxylic acids is 8. The van der Waals surface area contributed by atoms with E-state index in [-0.39, 0.29) is 25.7 Å². The van der Waals surface area contributed by atoms with E-state index >= 15 is 0 Å². The van der Waals surface area contributed by atoms with E-state index in [1.807, 2.05) is 0 Å². The number of carbonyl (C=O) groups is 8. The van der Waals surface area contributed by atoms with Crippen molar-refractivity contribution in [3.63, 3.8) is 0 Å². The van der Waals surface area contributed by atoms with Crippen LogP contribution >= 0.6 is 0 Å². The van der Waals surface area contributed by atoms with E-state index in [2.05, 4.69) is 9.68 Å². The smallest absolute Gasteiger partial charge is 0.373 e. The third-order valence-corrected chi connectivity index (χ3v) is 4.19. The molecular formula is C18H20N2O12. The maximum atomic E-state index is 11.8. The fraction of sp³-hybridized carbons (Fsp3) is 0.556. The van der Waals surface area contributed by atoms with Gasteiger partial charge in [0.05, 0.1) is 12.8 Å². The first-order chi connectivity index (χ1) is 15.0. The number of ether oxygens (including phenoxy) is 2. The summed E-state index contributed by atoms with van der Waals surface area (Å²) in [5.74, 6) is -7.10. The molecule has 14 heteroatoms. The number of hydrogen-bond donors (Lipinski definition) is 0. The predicted octanol–water partition coefficient (Wildman–Crippen LogP) is -1.16. The molecule has 0 aromatic carbocycles. The van der Waals surface area contributed by atoms with Gasteiger partial charge in [0, 0.05) is 25.7 Å². The number of rotatable bonds is 9. The van der Waals surface area contributed by atoms with Crippen LogP contribution in [0.15, 0.2) is 0 Å². The Morgan fingerprint density at radius 2 is 0.938 bits per heavy atom. The zero-order chi connectivity index (χ0) is 24.0. The summed E-state index contributed by atoms with van der Waals surface area (Å²) in [4.78, 5) is 102. The molecule has 2 aliphatic rings. The third-order valence-electron chi connectivity index (χ3n) is 4.19. The Morgan fingerprint density at radius 1 is 0.656 bits per heavy atom. The highest BCUT2D eigenvalue weighted by atomic mass is 16.7. The van der Waals surface area contributed by atoms with Crippen molar-refractivity contribution in [1.82, 2.24) is 10.1 Å². The molecule has 32 heavy (non-hydrogen) atoms. The highest BCUT2D eigenvalue weighted by Crippen LogP contribution is 2.15. The fourth-order valence-corrected chi connectivity index (χ4v) is 2.46. The van der Waals surface area contributed by atoms with Crippen LogP contribution in [0.5, 0.6) is 0 Å². The van der Waals surface area contributed by atoms with Crippen molar-refractivity contribution in [3.8, 4) is 0 Å². The van der Waals surface area contributed by atoms with Gasteiger partial charge >= 0.3 is 23.9 Å². The zero-order valence-electron chi connectivity index (χ0n) is 17.2. The molecule has 0 aromatic heterocycles. The summed E-state index contributed by atoms with van der Waals surface area (Å²) < 4.78 is 9.53. The van der Waals surface area contributed by atoms with Gasteiger partial charge in [0.15, 0.2) is 12.2 Å². The SMILES string of the molecule is CC(OC(=O)CCC(=O)OC(C)C(=O)ON1C(=O)CCC1=O)C(=O)ON1C(=O)CCC1=O. The molecule has 2 rings (SSSR count). The molecule has 14 nitrogen and oxygen atoms in total. The van der Waals surface area contributed by atoms with Crippen LogP contribution in [0.3, 0.4) is 0 Å². The van der Waals surface area contributed by atoms with Gasteiger partial charge in [0.25, 0.3) is 23.6 Å². The van der Waals surface area contributed by atoms with Crippen LogP contribution in [-0.4, -0.2) is 69.8 Å². The number of esters is 2. The van der Waals surface area contributed by atoms with Crippen LogP contribution in [-0.2, 0) is 57.5 Å². The zero-order valence-corrected chi connectivity index (χ0v) is 17.2. The Labute approximate surface area is 180 Å². The largest absolute Gasteiger partial charge is 0.451 e. The van der Waals surface area contributed by atoms with Crippen LogP contribution in [0.2, 0.25) is 0 Å². The van der Waals surface area contributed by atoms with Gasteiger partial charge in [-0.15, -0.1) is 10.1 Å². The lowest BCUT2D eigenvalue weighted by Gasteiger charge is -2.17. The molecule has 2 saturated heterocycles. The van der Waals surface area contributed by atoms with E-state index in [0.29, 0.717) is 10.1 Å². The first-order valence-corrected chi connectivity index (χ1v) is 9.53. The molecule has 2 aliphatic heterocycles. The van der Waals surface area contributed by atoms with Crippen LogP contribution in [0, 0.1) is 0 Å². The van der Waals surface area contributed by atoms with Crippen LogP contribution < -0.4 is 0 Å². The number of amides is 4. The van der Waals surface area contributed by atoms with Gasteiger partial charge in [-0.1, -0.05) is 0 Å². The van der Waals surface area contributed by atoms with E-state index in [0.717, 1.165) is 13.8 Å². The van der Waals surface area contributed by atoms with Crippen molar-refractivity contribution in [1.29, 1.82) is 0 Å². The minimum atomic E-state index is -1.47. The van der Waals surface area contributed by atoms with Crippen LogP contribution in [0.1, 0.15) is 52.4 Å². The summed E-state index contributed by atoms with van der Waals surface area (Å²) in [6.07, 6.45) is -4.38. The summed E-state index contributed by atoms with van der Waals surface area (Å²) in [5, 5.41) is 0.599. The van der Waals surface area contributed by atoms with E-state index in [9.17, 15) is 38.4 Å². The molecule has 174 valence electrons. The molecule has 0 saturated carbocycles. The van der Waals surface area contributed by atoms with E-state index in [1.54, 1.807) is 0 Å². The van der Waals surface area contributed by atoms with Crippen LogP contribution in [0.4, 0.5) is 0 Å². The van der Waals surface area contributed by atoms with Crippen molar-refractivity contribution in [3.05, 3.63) is 0 Å². The Bertz CT molecular complexity index is 764. The summed E-state index contributed by atoms with van der Waals surface area (Å²) in [6, 6.07) is 0. The van der Waals surface area contributed by atoms with Gasteiger partial charge in [-0.05, 0) is 13.8 Å². The van der Waals surface area contributed by atoms with E-state index in [4.69, 9.17) is 9.47 Å². The lowest BCUT2D eigenvalue weighted by Crippen LogP contribution is -2.37. The minimum Gasteiger partial charge on any atom is -0.451 e. The molecule has 0 radical (unpaired) electrons. The first kappa shape index (κ1) is 24.4. The molecule has 2 unspecified atom stereocenters. The van der Waals surface area contributed by atoms with Gasteiger partial charge in [-0.25, -0.2) is 9.59 Å². The second kappa shape index (κ2) is 10.5. The number of nitrogens with zero attached hydrogens (tertiary/aromatic N) is 2. The third kappa shape index (κ3) is 6.33. The molecule has 0 aliphatic carbocycles. The Hall–Kier alpha value is -3.84. The molecule has 0 bridgehead atoms. The Kier molecular flexibility index (Phi) is 7.98. The molecular weight excluding hydrogens is 436 g/mol. The van der Waals surface area contributed by atoms with E-state index < -0.39 is 72.6 Å². The number of hydroxylamine groups is 4. The van der Waals surface area contributed by atoms with Gasteiger partial charge in [0.2, 0.25) is 0 Å². The van der Waals surface area contributed by atoms with E-state index in [1.165, 1.54) is 0 Å². The number of imide groups is 2. The highest BCUT2D eigenvalue weighted by molar-refractivity contribution is 6.02. The molecule has 0 spiro atoms. The quantitative estimate of drug-likeness (QED) is 0.300. The van der Waals surface area contributed by atoms with Crippen LogP contribution in [0.25, 0.3) is 0 Å².